The Morgan fingerprint density at radius 1 is 1.44 bits per heavy atom. The monoisotopic (exact) mass is 313 g/mol. The molecule has 0 bridgehead atoms. The zero-order valence-electron chi connectivity index (χ0n) is 11.0. The zero-order valence-corrected chi connectivity index (χ0v) is 12.6. The first-order valence-corrected chi connectivity index (χ1v) is 7.34. The van der Waals surface area contributed by atoms with Gasteiger partial charge in [-0.15, -0.1) is 5.10 Å². The molecule has 0 spiro atoms. The van der Waals surface area contributed by atoms with Crippen LogP contribution < -0.4 is 4.74 Å². The van der Waals surface area contributed by atoms with Gasteiger partial charge in [-0.3, -0.25) is 0 Å². The number of nitrogens with zero attached hydrogens (tertiary/aromatic N) is 3. The Balaban J connectivity index is 2.05. The molecule has 1 unspecified atom stereocenters. The van der Waals surface area contributed by atoms with E-state index >= 15 is 0 Å². The van der Waals surface area contributed by atoms with Crippen LogP contribution in [0, 0.1) is 0 Å². The lowest BCUT2D eigenvalue weighted by Crippen LogP contribution is -2.40. The SMILES string of the molecule is CCN1CCCCC1Cc1cc(Br)c(OC)nn1. The molecule has 1 aromatic heterocycles. The average molecular weight is 314 g/mol. The fraction of sp³-hybridized carbons (Fsp3) is 0.692. The number of likely N-dealkylation sites (N-methyl/N-ethyl adjacent to an activating group) is 1. The van der Waals surface area contributed by atoms with Gasteiger partial charge in [0.1, 0.15) is 0 Å². The van der Waals surface area contributed by atoms with E-state index in [9.17, 15) is 0 Å². The smallest absolute Gasteiger partial charge is 0.247 e. The molecule has 1 aliphatic heterocycles. The molecule has 1 atom stereocenters. The minimum Gasteiger partial charge on any atom is -0.479 e. The van der Waals surface area contributed by atoms with Gasteiger partial charge in [0.15, 0.2) is 0 Å². The van der Waals surface area contributed by atoms with Crippen molar-refractivity contribution in [3.63, 3.8) is 0 Å². The second-order valence-corrected chi connectivity index (χ2v) is 5.53. The van der Waals surface area contributed by atoms with Gasteiger partial charge in [0.05, 0.1) is 17.3 Å². The number of rotatable bonds is 4. The van der Waals surface area contributed by atoms with E-state index in [-0.39, 0.29) is 0 Å². The lowest BCUT2D eigenvalue weighted by atomic mass is 9.98. The summed E-state index contributed by atoms with van der Waals surface area (Å²) in [5, 5.41) is 8.32. The summed E-state index contributed by atoms with van der Waals surface area (Å²) < 4.78 is 5.98. The number of halogens is 1. The highest BCUT2D eigenvalue weighted by Gasteiger charge is 2.22. The van der Waals surface area contributed by atoms with Crippen LogP contribution >= 0.6 is 15.9 Å². The summed E-state index contributed by atoms with van der Waals surface area (Å²) in [5.74, 6) is 0.551. The van der Waals surface area contributed by atoms with Gasteiger partial charge in [0.25, 0.3) is 0 Å². The Kier molecular flexibility index (Phi) is 4.95. The summed E-state index contributed by atoms with van der Waals surface area (Å²) in [5.41, 5.74) is 1.04. The number of methoxy groups -OCH3 is 1. The summed E-state index contributed by atoms with van der Waals surface area (Å²) in [6.07, 6.45) is 4.89. The predicted molar refractivity (Wildman–Crippen MR) is 74.9 cm³/mol. The van der Waals surface area contributed by atoms with Crippen LogP contribution in [-0.2, 0) is 6.42 Å². The van der Waals surface area contributed by atoms with Crippen molar-refractivity contribution < 1.29 is 4.74 Å². The van der Waals surface area contributed by atoms with E-state index in [0.29, 0.717) is 11.9 Å². The van der Waals surface area contributed by atoms with Gasteiger partial charge in [0.2, 0.25) is 5.88 Å². The first-order chi connectivity index (χ1) is 8.74. The van der Waals surface area contributed by atoms with E-state index in [1.165, 1.54) is 25.8 Å². The van der Waals surface area contributed by atoms with Crippen LogP contribution in [-0.4, -0.2) is 41.3 Å². The molecule has 0 radical (unpaired) electrons. The van der Waals surface area contributed by atoms with Crippen molar-refractivity contribution in [1.82, 2.24) is 15.1 Å². The normalized spacial score (nSPS) is 20.9. The third-order valence-electron chi connectivity index (χ3n) is 3.56. The number of likely N-dealkylation sites (tertiary alicyclic amines) is 1. The second kappa shape index (κ2) is 6.48. The second-order valence-electron chi connectivity index (χ2n) is 4.68. The van der Waals surface area contributed by atoms with Crippen LogP contribution in [0.5, 0.6) is 5.88 Å². The predicted octanol–water partition coefficient (Wildman–Crippen LogP) is 2.66. The van der Waals surface area contributed by atoms with E-state index in [1.807, 2.05) is 6.07 Å². The van der Waals surface area contributed by atoms with Crippen molar-refractivity contribution in [2.45, 2.75) is 38.6 Å². The standard InChI is InChI=1S/C13H20BrN3O/c1-3-17-7-5-4-6-11(17)8-10-9-12(14)13(18-2)16-15-10/h9,11H,3-8H2,1-2H3. The van der Waals surface area contributed by atoms with Gasteiger partial charge in [0, 0.05) is 12.5 Å². The number of ether oxygens (including phenoxy) is 1. The Labute approximate surface area is 117 Å². The highest BCUT2D eigenvalue weighted by Crippen LogP contribution is 2.24. The van der Waals surface area contributed by atoms with Crippen LogP contribution in [0.25, 0.3) is 0 Å². The summed E-state index contributed by atoms with van der Waals surface area (Å²) in [7, 11) is 1.61. The highest BCUT2D eigenvalue weighted by atomic mass is 79.9. The minimum absolute atomic E-state index is 0.551. The molecule has 1 saturated heterocycles. The Bertz CT molecular complexity index is 400. The molecule has 0 N–H and O–H groups in total. The maximum absolute atomic E-state index is 5.10. The van der Waals surface area contributed by atoms with Crippen molar-refractivity contribution in [1.29, 1.82) is 0 Å². The summed E-state index contributed by atoms with van der Waals surface area (Å²) >= 11 is 3.46. The molecule has 1 aliphatic rings. The number of aromatic nitrogens is 2. The lowest BCUT2D eigenvalue weighted by Gasteiger charge is -2.34. The Morgan fingerprint density at radius 3 is 2.94 bits per heavy atom. The van der Waals surface area contributed by atoms with Crippen molar-refractivity contribution >= 4 is 15.9 Å². The summed E-state index contributed by atoms with van der Waals surface area (Å²) in [4.78, 5) is 2.54. The fourth-order valence-electron chi connectivity index (χ4n) is 2.58. The maximum atomic E-state index is 5.10. The number of piperidine rings is 1. The van der Waals surface area contributed by atoms with Gasteiger partial charge < -0.3 is 9.64 Å². The molecule has 0 saturated carbocycles. The topological polar surface area (TPSA) is 38.2 Å². The van der Waals surface area contributed by atoms with Crippen LogP contribution in [0.2, 0.25) is 0 Å². The average Bonchev–Trinajstić information content (AvgIpc) is 2.39. The molecular weight excluding hydrogens is 294 g/mol. The molecular formula is C13H20BrN3O. The van der Waals surface area contributed by atoms with Gasteiger partial charge in [-0.25, -0.2) is 0 Å². The van der Waals surface area contributed by atoms with E-state index in [1.54, 1.807) is 7.11 Å². The van der Waals surface area contributed by atoms with Gasteiger partial charge in [-0.2, -0.15) is 5.10 Å². The maximum Gasteiger partial charge on any atom is 0.247 e. The molecule has 18 heavy (non-hydrogen) atoms. The lowest BCUT2D eigenvalue weighted by molar-refractivity contribution is 0.154. The largest absolute Gasteiger partial charge is 0.479 e. The minimum atomic E-state index is 0.551. The molecule has 2 rings (SSSR count). The quantitative estimate of drug-likeness (QED) is 0.856. The summed E-state index contributed by atoms with van der Waals surface area (Å²) in [6, 6.07) is 2.63. The molecule has 1 fully saturated rings. The van der Waals surface area contributed by atoms with E-state index in [4.69, 9.17) is 4.74 Å². The Morgan fingerprint density at radius 2 is 2.28 bits per heavy atom. The van der Waals surface area contributed by atoms with Gasteiger partial charge >= 0.3 is 0 Å². The molecule has 0 aromatic carbocycles. The van der Waals surface area contributed by atoms with E-state index in [2.05, 4.69) is 38.0 Å². The molecule has 0 aliphatic carbocycles. The van der Waals surface area contributed by atoms with Crippen molar-refractivity contribution in [2.24, 2.45) is 0 Å². The van der Waals surface area contributed by atoms with Crippen LogP contribution in [0.4, 0.5) is 0 Å². The highest BCUT2D eigenvalue weighted by molar-refractivity contribution is 9.10. The van der Waals surface area contributed by atoms with Crippen LogP contribution in [0.3, 0.4) is 0 Å². The van der Waals surface area contributed by atoms with Crippen molar-refractivity contribution in [3.8, 4) is 5.88 Å². The molecule has 4 nitrogen and oxygen atoms in total. The molecule has 100 valence electrons. The fourth-order valence-corrected chi connectivity index (χ4v) is 3.09. The molecule has 5 heteroatoms. The van der Waals surface area contributed by atoms with Crippen molar-refractivity contribution in [3.05, 3.63) is 16.2 Å². The third-order valence-corrected chi connectivity index (χ3v) is 4.13. The number of hydrogen-bond donors (Lipinski definition) is 0. The summed E-state index contributed by atoms with van der Waals surface area (Å²) in [6.45, 7) is 4.56. The molecule has 2 heterocycles. The Hall–Kier alpha value is -0.680. The third kappa shape index (κ3) is 3.20. The first-order valence-electron chi connectivity index (χ1n) is 6.54. The zero-order chi connectivity index (χ0) is 13.0. The van der Waals surface area contributed by atoms with E-state index in [0.717, 1.165) is 23.1 Å². The van der Waals surface area contributed by atoms with Crippen LogP contribution in [0.1, 0.15) is 31.9 Å². The number of hydrogen-bond acceptors (Lipinski definition) is 4. The molecule has 1 aromatic rings. The van der Waals surface area contributed by atoms with E-state index < -0.39 is 0 Å². The molecule has 0 amide bonds. The first kappa shape index (κ1) is 13.7. The van der Waals surface area contributed by atoms with Crippen molar-refractivity contribution in [2.75, 3.05) is 20.2 Å². The van der Waals surface area contributed by atoms with Gasteiger partial charge in [-0.05, 0) is 47.9 Å². The van der Waals surface area contributed by atoms with Gasteiger partial charge in [-0.1, -0.05) is 13.3 Å². The van der Waals surface area contributed by atoms with Crippen LogP contribution in [0.15, 0.2) is 10.5 Å².